The number of para-hydroxylation sites is 1. The average molecular weight is 392 g/mol. The highest BCUT2D eigenvalue weighted by atomic mass is 35.5. The van der Waals surface area contributed by atoms with Crippen molar-refractivity contribution in [3.8, 4) is 22.9 Å². The molecule has 0 saturated heterocycles. The van der Waals surface area contributed by atoms with E-state index in [4.69, 9.17) is 31.0 Å². The van der Waals surface area contributed by atoms with Gasteiger partial charge in [-0.3, -0.25) is 0 Å². The van der Waals surface area contributed by atoms with E-state index >= 15 is 0 Å². The summed E-state index contributed by atoms with van der Waals surface area (Å²) in [6.45, 7) is 0. The van der Waals surface area contributed by atoms with E-state index in [9.17, 15) is 0 Å². The third-order valence-corrected chi connectivity index (χ3v) is 4.62. The van der Waals surface area contributed by atoms with Crippen molar-refractivity contribution in [1.82, 2.24) is 9.97 Å². The fraction of sp³-hybridized carbons (Fsp3) is 0.0909. The predicted octanol–water partition coefficient (Wildman–Crippen LogP) is 5.71. The monoisotopic (exact) mass is 391 g/mol. The molecule has 0 radical (unpaired) electrons. The first-order valence-corrected chi connectivity index (χ1v) is 9.07. The lowest BCUT2D eigenvalue weighted by Crippen LogP contribution is -2.01. The molecule has 5 nitrogen and oxygen atoms in total. The molecular weight excluding hydrogens is 374 g/mol. The fourth-order valence-electron chi connectivity index (χ4n) is 2.93. The normalized spacial score (nSPS) is 10.7. The Balaban J connectivity index is 1.83. The van der Waals surface area contributed by atoms with Gasteiger partial charge in [0.05, 0.1) is 25.4 Å². The van der Waals surface area contributed by atoms with Gasteiger partial charge in [0.2, 0.25) is 0 Å². The molecule has 0 aliphatic heterocycles. The predicted molar refractivity (Wildman–Crippen MR) is 113 cm³/mol. The van der Waals surface area contributed by atoms with Gasteiger partial charge in [-0.2, -0.15) is 0 Å². The molecule has 1 N–H and O–H groups in total. The zero-order valence-corrected chi connectivity index (χ0v) is 16.2. The Morgan fingerprint density at radius 2 is 1.64 bits per heavy atom. The Morgan fingerprint density at radius 1 is 0.857 bits per heavy atom. The number of hydrogen-bond donors (Lipinski definition) is 1. The van der Waals surface area contributed by atoms with Gasteiger partial charge in [0.15, 0.2) is 5.82 Å². The van der Waals surface area contributed by atoms with Crippen LogP contribution in [0.5, 0.6) is 11.5 Å². The van der Waals surface area contributed by atoms with Crippen molar-refractivity contribution < 1.29 is 9.47 Å². The number of benzene rings is 3. The van der Waals surface area contributed by atoms with Crippen LogP contribution < -0.4 is 14.8 Å². The van der Waals surface area contributed by atoms with E-state index in [-0.39, 0.29) is 0 Å². The van der Waals surface area contributed by atoms with Crippen LogP contribution in [-0.2, 0) is 0 Å². The number of methoxy groups -OCH3 is 2. The quantitative estimate of drug-likeness (QED) is 0.472. The van der Waals surface area contributed by atoms with Crippen LogP contribution in [-0.4, -0.2) is 24.2 Å². The Morgan fingerprint density at radius 3 is 2.39 bits per heavy atom. The van der Waals surface area contributed by atoms with Gasteiger partial charge in [0.1, 0.15) is 17.3 Å². The molecule has 0 aliphatic rings. The molecule has 0 unspecified atom stereocenters. The first-order chi connectivity index (χ1) is 13.7. The molecule has 1 aromatic heterocycles. The van der Waals surface area contributed by atoms with E-state index in [0.29, 0.717) is 22.4 Å². The van der Waals surface area contributed by atoms with Crippen LogP contribution in [0.4, 0.5) is 11.5 Å². The minimum absolute atomic E-state index is 0.616. The van der Waals surface area contributed by atoms with E-state index in [2.05, 4.69) is 5.32 Å². The molecule has 0 spiro atoms. The number of anilines is 2. The zero-order valence-electron chi connectivity index (χ0n) is 15.4. The number of halogens is 1. The van der Waals surface area contributed by atoms with Gasteiger partial charge >= 0.3 is 0 Å². The average Bonchev–Trinajstić information content (AvgIpc) is 2.74. The van der Waals surface area contributed by atoms with E-state index in [1.54, 1.807) is 14.2 Å². The maximum atomic E-state index is 6.01. The summed E-state index contributed by atoms with van der Waals surface area (Å²) in [5.41, 5.74) is 2.52. The number of nitrogens with zero attached hydrogens (tertiary/aromatic N) is 2. The lowest BCUT2D eigenvalue weighted by Gasteiger charge is -2.14. The van der Waals surface area contributed by atoms with Crippen molar-refractivity contribution >= 4 is 34.0 Å². The maximum Gasteiger partial charge on any atom is 0.162 e. The van der Waals surface area contributed by atoms with E-state index in [1.807, 2.05) is 66.7 Å². The van der Waals surface area contributed by atoms with Gasteiger partial charge in [-0.15, -0.1) is 0 Å². The molecule has 0 saturated carbocycles. The van der Waals surface area contributed by atoms with Crippen LogP contribution in [0.25, 0.3) is 22.3 Å². The molecule has 1 heterocycles. The number of aromatic nitrogens is 2. The molecule has 0 atom stereocenters. The third kappa shape index (κ3) is 3.57. The number of rotatable bonds is 5. The first-order valence-electron chi connectivity index (χ1n) is 8.69. The van der Waals surface area contributed by atoms with E-state index < -0.39 is 0 Å². The molecule has 3 aromatic carbocycles. The highest BCUT2D eigenvalue weighted by Gasteiger charge is 2.12. The molecule has 0 aliphatic carbocycles. The summed E-state index contributed by atoms with van der Waals surface area (Å²) in [4.78, 5) is 9.46. The first kappa shape index (κ1) is 18.1. The van der Waals surface area contributed by atoms with Gasteiger partial charge in [-0.05, 0) is 48.5 Å². The van der Waals surface area contributed by atoms with E-state index in [0.717, 1.165) is 27.9 Å². The lowest BCUT2D eigenvalue weighted by molar-refractivity contribution is 0.395. The second-order valence-corrected chi connectivity index (χ2v) is 6.55. The van der Waals surface area contributed by atoms with Gasteiger partial charge in [0.25, 0.3) is 0 Å². The molecule has 0 amide bonds. The largest absolute Gasteiger partial charge is 0.497 e. The van der Waals surface area contributed by atoms with Gasteiger partial charge in [-0.1, -0.05) is 23.7 Å². The topological polar surface area (TPSA) is 56.3 Å². The molecule has 4 aromatic rings. The lowest BCUT2D eigenvalue weighted by atomic mass is 10.1. The molecule has 6 heteroatoms. The van der Waals surface area contributed by atoms with Crippen molar-refractivity contribution in [2.45, 2.75) is 0 Å². The van der Waals surface area contributed by atoms with Gasteiger partial charge < -0.3 is 14.8 Å². The molecular formula is C22H18ClN3O2. The van der Waals surface area contributed by atoms with Crippen LogP contribution in [0.1, 0.15) is 0 Å². The summed E-state index contributed by atoms with van der Waals surface area (Å²) in [5.74, 6) is 2.69. The van der Waals surface area contributed by atoms with Gasteiger partial charge in [0, 0.05) is 22.0 Å². The highest BCUT2D eigenvalue weighted by molar-refractivity contribution is 6.30. The summed E-state index contributed by atoms with van der Waals surface area (Å²) in [7, 11) is 3.25. The Labute approximate surface area is 167 Å². The van der Waals surface area contributed by atoms with Crippen molar-refractivity contribution in [3.05, 3.63) is 71.8 Å². The van der Waals surface area contributed by atoms with Crippen LogP contribution in [0, 0.1) is 0 Å². The van der Waals surface area contributed by atoms with Crippen LogP contribution in [0.15, 0.2) is 66.7 Å². The van der Waals surface area contributed by atoms with E-state index in [1.165, 1.54) is 0 Å². The van der Waals surface area contributed by atoms with Gasteiger partial charge in [-0.25, -0.2) is 9.97 Å². The Kier molecular flexibility index (Phi) is 5.00. The second-order valence-electron chi connectivity index (χ2n) is 6.11. The van der Waals surface area contributed by atoms with Crippen LogP contribution in [0.2, 0.25) is 5.02 Å². The smallest absolute Gasteiger partial charge is 0.162 e. The van der Waals surface area contributed by atoms with Crippen molar-refractivity contribution in [1.29, 1.82) is 0 Å². The molecule has 0 fully saturated rings. The molecule has 0 bridgehead atoms. The number of fused-ring (bicyclic) bond motifs is 1. The second kappa shape index (κ2) is 7.74. The summed E-state index contributed by atoms with van der Waals surface area (Å²) in [5, 5.41) is 4.97. The Hall–Kier alpha value is -3.31. The number of ether oxygens (including phenoxy) is 2. The fourth-order valence-corrected chi connectivity index (χ4v) is 3.06. The number of hydrogen-bond acceptors (Lipinski definition) is 5. The minimum Gasteiger partial charge on any atom is -0.497 e. The highest BCUT2D eigenvalue weighted by Crippen LogP contribution is 2.34. The molecule has 4 rings (SSSR count). The Bertz CT molecular complexity index is 1130. The van der Waals surface area contributed by atoms with Crippen molar-refractivity contribution in [2.24, 2.45) is 0 Å². The van der Waals surface area contributed by atoms with Crippen LogP contribution in [0.3, 0.4) is 0 Å². The maximum absolute atomic E-state index is 6.01. The standard InChI is InChI=1S/C22H18ClN3O2/c1-27-16-11-12-19(20(13-16)28-2)25-22-17-5-3-4-6-18(17)24-21(26-22)14-7-9-15(23)10-8-14/h3-13H,1-2H3,(H,24,25,26). The number of nitrogens with one attached hydrogen (secondary N) is 1. The third-order valence-electron chi connectivity index (χ3n) is 4.37. The molecule has 140 valence electrons. The van der Waals surface area contributed by atoms with Crippen molar-refractivity contribution in [3.63, 3.8) is 0 Å². The summed E-state index contributed by atoms with van der Waals surface area (Å²) < 4.78 is 10.8. The SMILES string of the molecule is COc1ccc(Nc2nc(-c3ccc(Cl)cc3)nc3ccccc23)c(OC)c1. The minimum atomic E-state index is 0.616. The molecule has 28 heavy (non-hydrogen) atoms. The summed E-state index contributed by atoms with van der Waals surface area (Å²) in [6.07, 6.45) is 0. The summed E-state index contributed by atoms with van der Waals surface area (Å²) >= 11 is 6.01. The summed E-state index contributed by atoms with van der Waals surface area (Å²) in [6, 6.07) is 20.9. The van der Waals surface area contributed by atoms with Crippen molar-refractivity contribution in [2.75, 3.05) is 19.5 Å². The zero-order chi connectivity index (χ0) is 19.5. The van der Waals surface area contributed by atoms with Crippen LogP contribution >= 0.6 is 11.6 Å².